The quantitative estimate of drug-likeness (QED) is 0.798. The molecular formula is C15H21BF2O3. The van der Waals surface area contributed by atoms with E-state index in [9.17, 15) is 8.78 Å². The molecule has 3 nitrogen and oxygen atoms in total. The fourth-order valence-corrected chi connectivity index (χ4v) is 2.25. The van der Waals surface area contributed by atoms with Gasteiger partial charge in [-0.15, -0.1) is 0 Å². The van der Waals surface area contributed by atoms with Crippen molar-refractivity contribution in [2.75, 3.05) is 6.61 Å². The first-order valence-electron chi connectivity index (χ1n) is 7.09. The molecule has 1 aliphatic heterocycles. The average Bonchev–Trinajstić information content (AvgIpc) is 2.58. The molecular weight excluding hydrogens is 277 g/mol. The number of rotatable bonds is 4. The molecule has 0 unspecified atom stereocenters. The summed E-state index contributed by atoms with van der Waals surface area (Å²) in [6.07, 6.45) is -2.65. The normalized spacial score (nSPS) is 20.1. The van der Waals surface area contributed by atoms with E-state index in [1.807, 2.05) is 27.7 Å². The van der Waals surface area contributed by atoms with E-state index in [0.717, 1.165) is 0 Å². The minimum absolute atomic E-state index is 0.155. The molecule has 1 aromatic rings. The molecule has 1 saturated heterocycles. The summed E-state index contributed by atoms with van der Waals surface area (Å²) < 4.78 is 44.0. The van der Waals surface area contributed by atoms with Crippen molar-refractivity contribution >= 4 is 12.6 Å². The van der Waals surface area contributed by atoms with Gasteiger partial charge in [0, 0.05) is 0 Å². The Hall–Kier alpha value is -1.14. The van der Waals surface area contributed by atoms with Crippen molar-refractivity contribution in [3.05, 3.63) is 23.8 Å². The maximum atomic E-state index is 13.5. The molecule has 1 heterocycles. The van der Waals surface area contributed by atoms with Gasteiger partial charge in [-0.3, -0.25) is 0 Å². The molecule has 0 aromatic heterocycles. The van der Waals surface area contributed by atoms with Crippen molar-refractivity contribution in [3.8, 4) is 5.75 Å². The number of hydrogen-bond donors (Lipinski definition) is 0. The summed E-state index contributed by atoms with van der Waals surface area (Å²) in [4.78, 5) is 0. The zero-order valence-electron chi connectivity index (χ0n) is 13.1. The molecule has 1 aromatic carbocycles. The SMILES string of the molecule is CCOc1cccc(B2OC(C)(C)C(C)(C)O2)c1C(F)F. The summed E-state index contributed by atoms with van der Waals surface area (Å²) in [5.74, 6) is 0.180. The van der Waals surface area contributed by atoms with E-state index in [2.05, 4.69) is 0 Å². The van der Waals surface area contributed by atoms with Gasteiger partial charge in [0.2, 0.25) is 0 Å². The molecule has 0 radical (unpaired) electrons. The summed E-state index contributed by atoms with van der Waals surface area (Å²) in [5.41, 5.74) is -0.968. The lowest BCUT2D eigenvalue weighted by molar-refractivity contribution is 0.00578. The minimum atomic E-state index is -2.65. The Balaban J connectivity index is 2.43. The molecule has 6 heteroatoms. The lowest BCUT2D eigenvalue weighted by Gasteiger charge is -2.32. The molecule has 1 fully saturated rings. The van der Waals surface area contributed by atoms with E-state index in [-0.39, 0.29) is 11.3 Å². The smallest absolute Gasteiger partial charge is 0.493 e. The second-order valence-electron chi connectivity index (χ2n) is 6.08. The fourth-order valence-electron chi connectivity index (χ4n) is 2.25. The third-order valence-electron chi connectivity index (χ3n) is 4.13. The van der Waals surface area contributed by atoms with Crippen molar-refractivity contribution in [3.63, 3.8) is 0 Å². The van der Waals surface area contributed by atoms with Crippen LogP contribution in [0.3, 0.4) is 0 Å². The van der Waals surface area contributed by atoms with Crippen LogP contribution in [-0.2, 0) is 9.31 Å². The topological polar surface area (TPSA) is 27.7 Å². The number of hydrogen-bond acceptors (Lipinski definition) is 3. The highest BCUT2D eigenvalue weighted by atomic mass is 19.3. The van der Waals surface area contributed by atoms with Gasteiger partial charge in [0.15, 0.2) is 0 Å². The van der Waals surface area contributed by atoms with Gasteiger partial charge in [0.1, 0.15) is 5.75 Å². The van der Waals surface area contributed by atoms with E-state index in [1.54, 1.807) is 25.1 Å². The molecule has 0 amide bonds. The van der Waals surface area contributed by atoms with Crippen molar-refractivity contribution in [2.45, 2.75) is 52.2 Å². The lowest BCUT2D eigenvalue weighted by atomic mass is 9.75. The number of halogens is 2. The Morgan fingerprint density at radius 3 is 2.19 bits per heavy atom. The van der Waals surface area contributed by atoms with Crippen molar-refractivity contribution in [2.24, 2.45) is 0 Å². The van der Waals surface area contributed by atoms with E-state index in [4.69, 9.17) is 14.0 Å². The third-order valence-corrected chi connectivity index (χ3v) is 4.13. The van der Waals surface area contributed by atoms with Crippen LogP contribution in [0.1, 0.15) is 46.6 Å². The van der Waals surface area contributed by atoms with E-state index in [0.29, 0.717) is 12.1 Å². The van der Waals surface area contributed by atoms with E-state index >= 15 is 0 Å². The molecule has 0 spiro atoms. The van der Waals surface area contributed by atoms with Gasteiger partial charge in [-0.2, -0.15) is 0 Å². The van der Waals surface area contributed by atoms with Crippen LogP contribution < -0.4 is 10.2 Å². The van der Waals surface area contributed by atoms with E-state index in [1.165, 1.54) is 0 Å². The third kappa shape index (κ3) is 2.92. The number of ether oxygens (including phenoxy) is 1. The summed E-state index contributed by atoms with van der Waals surface area (Å²) >= 11 is 0. The largest absolute Gasteiger partial charge is 0.495 e. The molecule has 0 N–H and O–H groups in total. The first-order valence-corrected chi connectivity index (χ1v) is 7.09. The van der Waals surface area contributed by atoms with E-state index < -0.39 is 24.7 Å². The zero-order valence-corrected chi connectivity index (χ0v) is 13.1. The highest BCUT2D eigenvalue weighted by Crippen LogP contribution is 2.38. The fraction of sp³-hybridized carbons (Fsp3) is 0.600. The summed E-state index contributed by atoms with van der Waals surface area (Å²) in [7, 11) is -0.820. The highest BCUT2D eigenvalue weighted by Gasteiger charge is 2.52. The van der Waals surface area contributed by atoms with Crippen LogP contribution >= 0.6 is 0 Å². The van der Waals surface area contributed by atoms with Crippen LogP contribution in [0.5, 0.6) is 5.75 Å². The van der Waals surface area contributed by atoms with Crippen LogP contribution in [-0.4, -0.2) is 24.9 Å². The van der Waals surface area contributed by atoms with Crippen LogP contribution in [0.4, 0.5) is 8.78 Å². The van der Waals surface area contributed by atoms with Crippen LogP contribution in [0.2, 0.25) is 0 Å². The summed E-state index contributed by atoms with van der Waals surface area (Å²) in [6, 6.07) is 4.82. The Labute approximate surface area is 124 Å². The van der Waals surface area contributed by atoms with Crippen LogP contribution in [0, 0.1) is 0 Å². The Morgan fingerprint density at radius 2 is 1.71 bits per heavy atom. The first kappa shape index (κ1) is 16.2. The monoisotopic (exact) mass is 298 g/mol. The Morgan fingerprint density at radius 1 is 1.14 bits per heavy atom. The molecule has 116 valence electrons. The molecule has 0 aliphatic carbocycles. The van der Waals surface area contributed by atoms with Gasteiger partial charge in [-0.1, -0.05) is 12.1 Å². The van der Waals surface area contributed by atoms with Gasteiger partial charge in [0.25, 0.3) is 6.43 Å². The predicted octanol–water partition coefficient (Wildman–Crippen LogP) is 3.32. The van der Waals surface area contributed by atoms with Gasteiger partial charge >= 0.3 is 7.12 Å². The first-order chi connectivity index (χ1) is 9.69. The van der Waals surface area contributed by atoms with Gasteiger partial charge in [0.05, 0.1) is 23.4 Å². The molecule has 2 rings (SSSR count). The minimum Gasteiger partial charge on any atom is -0.493 e. The second kappa shape index (κ2) is 5.57. The lowest BCUT2D eigenvalue weighted by Crippen LogP contribution is -2.41. The average molecular weight is 298 g/mol. The van der Waals surface area contributed by atoms with Gasteiger partial charge < -0.3 is 14.0 Å². The Bertz CT molecular complexity index is 502. The van der Waals surface area contributed by atoms with Crippen molar-refractivity contribution in [1.29, 1.82) is 0 Å². The maximum Gasteiger partial charge on any atom is 0.495 e. The predicted molar refractivity (Wildman–Crippen MR) is 78.3 cm³/mol. The molecule has 0 saturated carbocycles. The van der Waals surface area contributed by atoms with Gasteiger partial charge in [-0.25, -0.2) is 8.78 Å². The maximum absolute atomic E-state index is 13.5. The Kier molecular flexibility index (Phi) is 4.31. The molecule has 1 aliphatic rings. The molecule has 0 atom stereocenters. The highest BCUT2D eigenvalue weighted by molar-refractivity contribution is 6.62. The molecule has 0 bridgehead atoms. The zero-order chi connectivity index (χ0) is 15.8. The second-order valence-corrected chi connectivity index (χ2v) is 6.08. The van der Waals surface area contributed by atoms with Crippen LogP contribution in [0.15, 0.2) is 18.2 Å². The number of benzene rings is 1. The van der Waals surface area contributed by atoms with Crippen LogP contribution in [0.25, 0.3) is 0 Å². The van der Waals surface area contributed by atoms with Gasteiger partial charge in [-0.05, 0) is 46.1 Å². The summed E-state index contributed by atoms with van der Waals surface area (Å²) in [6.45, 7) is 9.65. The molecule has 21 heavy (non-hydrogen) atoms. The standard InChI is InChI=1S/C15H21BF2O3/c1-6-19-11-9-7-8-10(12(11)13(17)18)16-20-14(2,3)15(4,5)21-16/h7-9,13H,6H2,1-5H3. The summed E-state index contributed by atoms with van der Waals surface area (Å²) in [5, 5.41) is 0. The number of alkyl halides is 2. The van der Waals surface area contributed by atoms with Crippen molar-refractivity contribution < 1.29 is 22.8 Å². The van der Waals surface area contributed by atoms with Crippen molar-refractivity contribution in [1.82, 2.24) is 0 Å².